The Morgan fingerprint density at radius 1 is 1.33 bits per heavy atom. The second-order valence-electron chi connectivity index (χ2n) is 4.25. The van der Waals surface area contributed by atoms with Crippen LogP contribution in [0.1, 0.15) is 24.8 Å². The Balaban J connectivity index is 2.56. The first-order valence-electron chi connectivity index (χ1n) is 5.97. The first-order chi connectivity index (χ1) is 8.57. The zero-order chi connectivity index (χ0) is 13.5. The van der Waals surface area contributed by atoms with Gasteiger partial charge in [-0.25, -0.2) is 4.79 Å². The molecular weight excluding hydrogens is 230 g/mol. The van der Waals surface area contributed by atoms with E-state index >= 15 is 0 Å². The van der Waals surface area contributed by atoms with Crippen LogP contribution >= 0.6 is 0 Å². The SMILES string of the molecule is C#CCCCCNCc1cn(C)c(=O)n(C)c1=O. The Bertz CT molecular complexity index is 549. The maximum Gasteiger partial charge on any atom is 0.330 e. The van der Waals surface area contributed by atoms with Gasteiger partial charge in [-0.05, 0) is 19.4 Å². The maximum absolute atomic E-state index is 11.8. The molecule has 1 aromatic heterocycles. The molecule has 18 heavy (non-hydrogen) atoms. The van der Waals surface area contributed by atoms with Crippen molar-refractivity contribution in [1.82, 2.24) is 14.5 Å². The molecule has 1 rings (SSSR count). The summed E-state index contributed by atoms with van der Waals surface area (Å²) in [6.07, 6.45) is 9.48. The van der Waals surface area contributed by atoms with E-state index in [0.29, 0.717) is 12.1 Å². The van der Waals surface area contributed by atoms with Crippen LogP contribution in [-0.2, 0) is 20.6 Å². The van der Waals surface area contributed by atoms with Crippen molar-refractivity contribution in [2.45, 2.75) is 25.8 Å². The second kappa shape index (κ2) is 6.82. The Morgan fingerprint density at radius 3 is 2.72 bits per heavy atom. The van der Waals surface area contributed by atoms with Crippen LogP contribution in [0.3, 0.4) is 0 Å². The summed E-state index contributed by atoms with van der Waals surface area (Å²) in [7, 11) is 3.12. The zero-order valence-corrected chi connectivity index (χ0v) is 10.9. The highest BCUT2D eigenvalue weighted by molar-refractivity contribution is 5.05. The van der Waals surface area contributed by atoms with Crippen molar-refractivity contribution in [2.75, 3.05) is 6.54 Å². The number of nitrogens with zero attached hydrogens (tertiary/aromatic N) is 2. The minimum absolute atomic E-state index is 0.241. The second-order valence-corrected chi connectivity index (χ2v) is 4.25. The average Bonchev–Trinajstić information content (AvgIpc) is 2.37. The number of hydrogen-bond donors (Lipinski definition) is 1. The van der Waals surface area contributed by atoms with Crippen molar-refractivity contribution in [3.05, 3.63) is 32.6 Å². The van der Waals surface area contributed by atoms with Crippen molar-refractivity contribution in [1.29, 1.82) is 0 Å². The number of hydrogen-bond acceptors (Lipinski definition) is 3. The number of terminal acetylenes is 1. The first-order valence-corrected chi connectivity index (χ1v) is 5.97. The molecule has 1 N–H and O–H groups in total. The molecule has 0 aliphatic heterocycles. The lowest BCUT2D eigenvalue weighted by molar-refractivity contribution is 0.604. The van der Waals surface area contributed by atoms with Gasteiger partial charge in [0, 0.05) is 38.8 Å². The number of aromatic nitrogens is 2. The van der Waals surface area contributed by atoms with Crippen LogP contribution in [-0.4, -0.2) is 15.7 Å². The van der Waals surface area contributed by atoms with Crippen LogP contribution in [0.4, 0.5) is 0 Å². The molecule has 0 radical (unpaired) electrons. The van der Waals surface area contributed by atoms with E-state index in [9.17, 15) is 9.59 Å². The number of unbranched alkanes of at least 4 members (excludes halogenated alkanes) is 2. The van der Waals surface area contributed by atoms with Crippen LogP contribution in [0.2, 0.25) is 0 Å². The fraction of sp³-hybridized carbons (Fsp3) is 0.538. The zero-order valence-electron chi connectivity index (χ0n) is 10.9. The predicted octanol–water partition coefficient (Wildman–Crippen LogP) is -0.0229. The summed E-state index contributed by atoms with van der Waals surface area (Å²) in [4.78, 5) is 23.3. The molecule has 0 aliphatic rings. The quantitative estimate of drug-likeness (QED) is 0.569. The molecule has 5 heteroatoms. The van der Waals surface area contributed by atoms with Gasteiger partial charge >= 0.3 is 5.69 Å². The lowest BCUT2D eigenvalue weighted by atomic mass is 10.2. The molecule has 0 aliphatic carbocycles. The van der Waals surface area contributed by atoms with Crippen molar-refractivity contribution in [2.24, 2.45) is 14.1 Å². The Labute approximate surface area is 106 Å². The topological polar surface area (TPSA) is 56.0 Å². The van der Waals surface area contributed by atoms with Crippen LogP contribution in [0, 0.1) is 12.3 Å². The Kier molecular flexibility index (Phi) is 5.40. The van der Waals surface area contributed by atoms with E-state index in [4.69, 9.17) is 6.42 Å². The van der Waals surface area contributed by atoms with Gasteiger partial charge in [0.05, 0.1) is 0 Å². The minimum atomic E-state index is -0.308. The largest absolute Gasteiger partial charge is 0.330 e. The van der Waals surface area contributed by atoms with Crippen LogP contribution in [0.5, 0.6) is 0 Å². The molecular formula is C13H19N3O2. The molecule has 0 amide bonds. The molecule has 0 saturated heterocycles. The molecule has 0 bridgehead atoms. The Morgan fingerprint density at radius 2 is 2.06 bits per heavy atom. The normalized spacial score (nSPS) is 10.3. The standard InChI is InChI=1S/C13H19N3O2/c1-4-5-6-7-8-14-9-11-10-15(2)13(18)16(3)12(11)17/h1,10,14H,5-9H2,2-3H3. The summed E-state index contributed by atoms with van der Waals surface area (Å²) in [5, 5.41) is 3.18. The van der Waals surface area contributed by atoms with E-state index in [1.807, 2.05) is 0 Å². The lowest BCUT2D eigenvalue weighted by Gasteiger charge is -2.07. The smallest absolute Gasteiger partial charge is 0.312 e. The number of aryl methyl sites for hydroxylation is 1. The monoisotopic (exact) mass is 249 g/mol. The third-order valence-corrected chi connectivity index (χ3v) is 2.76. The van der Waals surface area contributed by atoms with Gasteiger partial charge < -0.3 is 9.88 Å². The van der Waals surface area contributed by atoms with Crippen molar-refractivity contribution in [3.8, 4) is 12.3 Å². The van der Waals surface area contributed by atoms with Gasteiger partial charge in [0.1, 0.15) is 0 Å². The predicted molar refractivity (Wildman–Crippen MR) is 71.3 cm³/mol. The molecule has 5 nitrogen and oxygen atoms in total. The average molecular weight is 249 g/mol. The summed E-state index contributed by atoms with van der Waals surface area (Å²) < 4.78 is 2.53. The highest BCUT2D eigenvalue weighted by Gasteiger charge is 2.05. The van der Waals surface area contributed by atoms with Crippen LogP contribution < -0.4 is 16.6 Å². The number of rotatable bonds is 6. The maximum atomic E-state index is 11.8. The molecule has 0 spiro atoms. The molecule has 98 valence electrons. The van der Waals surface area contributed by atoms with Crippen LogP contribution in [0.25, 0.3) is 0 Å². The van der Waals surface area contributed by atoms with Gasteiger partial charge in [-0.2, -0.15) is 0 Å². The van der Waals surface area contributed by atoms with Crippen LogP contribution in [0.15, 0.2) is 15.8 Å². The molecule has 0 saturated carbocycles. The fourth-order valence-electron chi connectivity index (χ4n) is 1.70. The Hall–Kier alpha value is -1.80. The fourth-order valence-corrected chi connectivity index (χ4v) is 1.70. The van der Waals surface area contributed by atoms with Gasteiger partial charge in [0.25, 0.3) is 5.56 Å². The van der Waals surface area contributed by atoms with Gasteiger partial charge in [0.15, 0.2) is 0 Å². The summed E-state index contributed by atoms with van der Waals surface area (Å²) in [6.45, 7) is 1.28. The van der Waals surface area contributed by atoms with Crippen molar-refractivity contribution < 1.29 is 0 Å². The van der Waals surface area contributed by atoms with Crippen molar-refractivity contribution >= 4 is 0 Å². The van der Waals surface area contributed by atoms with Gasteiger partial charge in [0.2, 0.25) is 0 Å². The van der Waals surface area contributed by atoms with E-state index in [1.54, 1.807) is 13.2 Å². The van der Waals surface area contributed by atoms with E-state index in [2.05, 4.69) is 11.2 Å². The summed E-state index contributed by atoms with van der Waals surface area (Å²) in [5.74, 6) is 2.59. The van der Waals surface area contributed by atoms with E-state index in [1.165, 1.54) is 11.6 Å². The van der Waals surface area contributed by atoms with E-state index < -0.39 is 0 Å². The molecule has 0 unspecified atom stereocenters. The van der Waals surface area contributed by atoms with Crippen molar-refractivity contribution in [3.63, 3.8) is 0 Å². The summed E-state index contributed by atoms with van der Waals surface area (Å²) in [6, 6.07) is 0. The highest BCUT2D eigenvalue weighted by atomic mass is 16.2. The van der Waals surface area contributed by atoms with E-state index in [-0.39, 0.29) is 11.2 Å². The molecule has 0 aromatic carbocycles. The summed E-state index contributed by atoms with van der Waals surface area (Å²) >= 11 is 0. The third-order valence-electron chi connectivity index (χ3n) is 2.76. The van der Waals surface area contributed by atoms with Gasteiger partial charge in [-0.15, -0.1) is 12.3 Å². The minimum Gasteiger partial charge on any atom is -0.312 e. The molecule has 0 atom stereocenters. The first kappa shape index (κ1) is 14.3. The molecule has 1 aromatic rings. The van der Waals surface area contributed by atoms with Gasteiger partial charge in [-0.1, -0.05) is 0 Å². The molecule has 0 fully saturated rings. The third kappa shape index (κ3) is 3.60. The lowest BCUT2D eigenvalue weighted by Crippen LogP contribution is -2.39. The molecule has 1 heterocycles. The van der Waals surface area contributed by atoms with Gasteiger partial charge in [-0.3, -0.25) is 9.36 Å². The van der Waals surface area contributed by atoms with E-state index in [0.717, 1.165) is 30.4 Å². The summed E-state index contributed by atoms with van der Waals surface area (Å²) in [5.41, 5.74) is 0.0449. The number of nitrogens with one attached hydrogen (secondary N) is 1. The highest BCUT2D eigenvalue weighted by Crippen LogP contribution is 1.93.